The molecular formula is C37H27N3O2. The van der Waals surface area contributed by atoms with Crippen molar-refractivity contribution in [2.45, 2.75) is 27.7 Å². The summed E-state index contributed by atoms with van der Waals surface area (Å²) in [5.74, 6) is -0.614. The topological polar surface area (TPSA) is 46.7 Å². The second-order valence-corrected chi connectivity index (χ2v) is 11.1. The summed E-state index contributed by atoms with van der Waals surface area (Å²) in [6.07, 6.45) is 0. The van der Waals surface area contributed by atoms with E-state index < -0.39 is 0 Å². The lowest BCUT2D eigenvalue weighted by Gasteiger charge is -2.20. The van der Waals surface area contributed by atoms with Crippen LogP contribution in [0.15, 0.2) is 91.0 Å². The number of rotatable bonds is 3. The second kappa shape index (κ2) is 9.29. The Labute approximate surface area is 244 Å². The third-order valence-electron chi connectivity index (χ3n) is 8.32. The van der Waals surface area contributed by atoms with Gasteiger partial charge in [0.25, 0.3) is 11.8 Å². The van der Waals surface area contributed by atoms with Gasteiger partial charge in [-0.2, -0.15) is 0 Å². The van der Waals surface area contributed by atoms with Gasteiger partial charge in [-0.05, 0) is 74.2 Å². The minimum absolute atomic E-state index is 0.302. The minimum Gasteiger partial charge on any atom is -0.308 e. The van der Waals surface area contributed by atoms with Crippen molar-refractivity contribution >= 4 is 45.0 Å². The number of imide groups is 1. The predicted molar refractivity (Wildman–Crippen MR) is 169 cm³/mol. The molecule has 0 saturated carbocycles. The molecule has 202 valence electrons. The molecule has 0 atom stereocenters. The molecule has 0 unspecified atom stereocenters. The van der Waals surface area contributed by atoms with E-state index in [1.807, 2.05) is 88.4 Å². The van der Waals surface area contributed by atoms with Gasteiger partial charge in [0, 0.05) is 10.8 Å². The maximum Gasteiger partial charge on any atom is 0.268 e. The highest BCUT2D eigenvalue weighted by atomic mass is 16.2. The van der Waals surface area contributed by atoms with Crippen LogP contribution in [0.1, 0.15) is 43.0 Å². The SMILES string of the molecule is [C-]#[N+]c1ccc(-c2cccc3c2c2ccccc2n3-c2cccc3c2C(=O)N(c2c(C)cc(C)cc2C)C3=O)c(C)c1. The van der Waals surface area contributed by atoms with Gasteiger partial charge in [0.2, 0.25) is 0 Å². The van der Waals surface area contributed by atoms with Gasteiger partial charge in [0.05, 0.1) is 40.1 Å². The number of amides is 2. The Morgan fingerprint density at radius 2 is 1.33 bits per heavy atom. The normalized spacial score (nSPS) is 12.8. The van der Waals surface area contributed by atoms with Crippen molar-refractivity contribution < 1.29 is 9.59 Å². The molecule has 0 fully saturated rings. The molecule has 0 radical (unpaired) electrons. The molecule has 1 aliphatic rings. The van der Waals surface area contributed by atoms with Crippen molar-refractivity contribution in [3.63, 3.8) is 0 Å². The molecular weight excluding hydrogens is 518 g/mol. The van der Waals surface area contributed by atoms with Crippen LogP contribution in [0.2, 0.25) is 0 Å². The number of benzene rings is 5. The molecule has 1 aliphatic heterocycles. The molecule has 2 amide bonds. The maximum absolute atomic E-state index is 14.2. The lowest BCUT2D eigenvalue weighted by Crippen LogP contribution is -2.31. The van der Waals surface area contributed by atoms with Crippen molar-refractivity contribution in [1.82, 2.24) is 4.57 Å². The summed E-state index contributed by atoms with van der Waals surface area (Å²) >= 11 is 0. The standard InChI is InChI=1S/C37H27N3O2/c1-21-18-23(3)35(24(4)19-21)40-36(41)29-12-9-15-32(34(29)37(40)42)39-30-13-7-6-10-28(30)33-27(11-8-14-31(33)39)26-17-16-25(38-5)20-22(26)2/h6-20H,1-4H3. The van der Waals surface area contributed by atoms with Gasteiger partial charge >= 0.3 is 0 Å². The summed E-state index contributed by atoms with van der Waals surface area (Å²) in [5, 5.41) is 2.11. The van der Waals surface area contributed by atoms with E-state index in [1.165, 1.54) is 4.90 Å². The number of nitrogens with zero attached hydrogens (tertiary/aromatic N) is 3. The zero-order chi connectivity index (χ0) is 29.3. The fourth-order valence-corrected chi connectivity index (χ4v) is 6.71. The van der Waals surface area contributed by atoms with Crippen LogP contribution >= 0.6 is 0 Å². The Kier molecular flexibility index (Phi) is 5.64. The summed E-state index contributed by atoms with van der Waals surface area (Å²) in [5.41, 5.74) is 10.7. The van der Waals surface area contributed by atoms with E-state index in [-0.39, 0.29) is 11.8 Å². The van der Waals surface area contributed by atoms with Crippen LogP contribution < -0.4 is 4.90 Å². The van der Waals surface area contributed by atoms with Crippen LogP contribution in [-0.4, -0.2) is 16.4 Å². The van der Waals surface area contributed by atoms with E-state index in [0.717, 1.165) is 55.2 Å². The van der Waals surface area contributed by atoms with Crippen LogP contribution in [0.4, 0.5) is 11.4 Å². The van der Waals surface area contributed by atoms with Crippen LogP contribution in [0.5, 0.6) is 0 Å². The fourth-order valence-electron chi connectivity index (χ4n) is 6.71. The van der Waals surface area contributed by atoms with Gasteiger partial charge in [0.15, 0.2) is 5.69 Å². The molecule has 5 heteroatoms. The van der Waals surface area contributed by atoms with Crippen molar-refractivity contribution in [3.05, 3.63) is 136 Å². The average molecular weight is 546 g/mol. The molecule has 0 N–H and O–H groups in total. The van der Waals surface area contributed by atoms with Crippen molar-refractivity contribution in [3.8, 4) is 16.8 Å². The highest BCUT2D eigenvalue weighted by Crippen LogP contribution is 2.42. The molecule has 7 rings (SSSR count). The quantitative estimate of drug-likeness (QED) is 0.165. The largest absolute Gasteiger partial charge is 0.308 e. The number of carbonyl (C=O) groups excluding carboxylic acids is 2. The lowest BCUT2D eigenvalue weighted by atomic mass is 9.95. The summed E-state index contributed by atoms with van der Waals surface area (Å²) in [6, 6.07) is 29.7. The maximum atomic E-state index is 14.2. The molecule has 42 heavy (non-hydrogen) atoms. The molecule has 6 aromatic rings. The van der Waals surface area contributed by atoms with Crippen molar-refractivity contribution in [1.29, 1.82) is 0 Å². The second-order valence-electron chi connectivity index (χ2n) is 11.1. The van der Waals surface area contributed by atoms with E-state index in [2.05, 4.69) is 33.7 Å². The van der Waals surface area contributed by atoms with Gasteiger partial charge in [-0.1, -0.05) is 77.9 Å². The first-order valence-corrected chi connectivity index (χ1v) is 13.9. The number of fused-ring (bicyclic) bond motifs is 4. The van der Waals surface area contributed by atoms with Gasteiger partial charge in [0.1, 0.15) is 0 Å². The molecule has 5 nitrogen and oxygen atoms in total. The Bertz CT molecular complexity index is 2170. The first-order chi connectivity index (χ1) is 20.3. The number of aromatic nitrogens is 1. The van der Waals surface area contributed by atoms with Gasteiger partial charge in [-0.25, -0.2) is 9.74 Å². The van der Waals surface area contributed by atoms with E-state index in [9.17, 15) is 9.59 Å². The molecule has 0 spiro atoms. The third kappa shape index (κ3) is 3.55. The predicted octanol–water partition coefficient (Wildman–Crippen LogP) is 9.04. The minimum atomic E-state index is -0.312. The van der Waals surface area contributed by atoms with Crippen LogP contribution in [0.3, 0.4) is 0 Å². The smallest absolute Gasteiger partial charge is 0.268 e. The number of anilines is 1. The summed E-state index contributed by atoms with van der Waals surface area (Å²) in [6.45, 7) is 15.3. The Balaban J connectivity index is 1.50. The van der Waals surface area contributed by atoms with E-state index in [0.29, 0.717) is 28.2 Å². The number of hydrogen-bond acceptors (Lipinski definition) is 2. The van der Waals surface area contributed by atoms with Gasteiger partial charge < -0.3 is 4.57 Å². The summed E-state index contributed by atoms with van der Waals surface area (Å²) in [4.78, 5) is 33.0. The Morgan fingerprint density at radius 1 is 0.643 bits per heavy atom. The zero-order valence-electron chi connectivity index (χ0n) is 23.8. The van der Waals surface area contributed by atoms with E-state index >= 15 is 0 Å². The number of aryl methyl sites for hydroxylation is 4. The number of para-hydroxylation sites is 1. The van der Waals surface area contributed by atoms with Crippen molar-refractivity contribution in [2.24, 2.45) is 0 Å². The van der Waals surface area contributed by atoms with Gasteiger partial charge in [-0.3, -0.25) is 9.59 Å². The van der Waals surface area contributed by atoms with E-state index in [1.54, 1.807) is 6.07 Å². The molecule has 0 bridgehead atoms. The molecule has 0 saturated heterocycles. The van der Waals surface area contributed by atoms with Crippen LogP contribution in [0, 0.1) is 34.3 Å². The number of carbonyl (C=O) groups is 2. The summed E-state index contributed by atoms with van der Waals surface area (Å²) < 4.78 is 2.11. The molecule has 0 aliphatic carbocycles. The first kappa shape index (κ1) is 25.5. The van der Waals surface area contributed by atoms with Crippen molar-refractivity contribution in [2.75, 3.05) is 4.90 Å². The molecule has 5 aromatic carbocycles. The monoisotopic (exact) mass is 545 g/mol. The Hall–Kier alpha value is -5.47. The number of hydrogen-bond donors (Lipinski definition) is 0. The van der Waals surface area contributed by atoms with Crippen LogP contribution in [-0.2, 0) is 0 Å². The average Bonchev–Trinajstić information content (AvgIpc) is 3.44. The fraction of sp³-hybridized carbons (Fsp3) is 0.108. The zero-order valence-corrected chi connectivity index (χ0v) is 23.8. The summed E-state index contributed by atoms with van der Waals surface area (Å²) in [7, 11) is 0. The third-order valence-corrected chi connectivity index (χ3v) is 8.32. The highest BCUT2D eigenvalue weighted by molar-refractivity contribution is 6.36. The molecule has 1 aromatic heterocycles. The van der Waals surface area contributed by atoms with E-state index in [4.69, 9.17) is 6.57 Å². The first-order valence-electron chi connectivity index (χ1n) is 13.9. The lowest BCUT2D eigenvalue weighted by molar-refractivity contribution is 0.0925. The van der Waals surface area contributed by atoms with Gasteiger partial charge in [-0.15, -0.1) is 0 Å². The highest BCUT2D eigenvalue weighted by Gasteiger charge is 2.40. The molecule has 2 heterocycles. The van der Waals surface area contributed by atoms with Crippen LogP contribution in [0.25, 0.3) is 43.5 Å². The Morgan fingerprint density at radius 3 is 2.07 bits per heavy atom.